The van der Waals surface area contributed by atoms with Crippen LogP contribution in [0.2, 0.25) is 0 Å². The van der Waals surface area contributed by atoms with Crippen LogP contribution in [0.3, 0.4) is 0 Å². The maximum atomic E-state index is 12.4. The monoisotopic (exact) mass is 336 g/mol. The van der Waals surface area contributed by atoms with E-state index in [4.69, 9.17) is 0 Å². The van der Waals surface area contributed by atoms with Crippen molar-refractivity contribution >= 4 is 23.4 Å². The number of carbonyl (C=O) groups is 3. The fourth-order valence-corrected chi connectivity index (χ4v) is 2.99. The molecule has 0 aliphatic carbocycles. The summed E-state index contributed by atoms with van der Waals surface area (Å²) in [4.78, 5) is 37.0. The number of imide groups is 1. The third kappa shape index (κ3) is 3.94. The Morgan fingerprint density at radius 1 is 0.960 bits per heavy atom. The molecule has 0 saturated carbocycles. The third-order valence-electron chi connectivity index (χ3n) is 4.19. The van der Waals surface area contributed by atoms with Crippen LogP contribution in [-0.2, 0) is 16.1 Å². The SMILES string of the molecule is Cc1cc(C)cc(NC(=O)c2ccc(CN3C(=O)CCC3=O)cc2)c1. The van der Waals surface area contributed by atoms with E-state index in [9.17, 15) is 14.4 Å². The van der Waals surface area contributed by atoms with Crippen molar-refractivity contribution in [2.24, 2.45) is 0 Å². The van der Waals surface area contributed by atoms with Gasteiger partial charge in [-0.1, -0.05) is 18.2 Å². The molecule has 0 aromatic heterocycles. The van der Waals surface area contributed by atoms with Gasteiger partial charge in [-0.3, -0.25) is 19.3 Å². The summed E-state index contributed by atoms with van der Waals surface area (Å²) in [5, 5.41) is 2.89. The van der Waals surface area contributed by atoms with Gasteiger partial charge in [0, 0.05) is 24.1 Å². The largest absolute Gasteiger partial charge is 0.322 e. The van der Waals surface area contributed by atoms with Crippen molar-refractivity contribution in [3.63, 3.8) is 0 Å². The highest BCUT2D eigenvalue weighted by Crippen LogP contribution is 2.18. The van der Waals surface area contributed by atoms with Crippen LogP contribution in [0.4, 0.5) is 5.69 Å². The zero-order chi connectivity index (χ0) is 18.0. The van der Waals surface area contributed by atoms with Crippen molar-refractivity contribution in [3.05, 3.63) is 64.7 Å². The van der Waals surface area contributed by atoms with Gasteiger partial charge in [0.05, 0.1) is 6.54 Å². The van der Waals surface area contributed by atoms with Gasteiger partial charge >= 0.3 is 0 Å². The van der Waals surface area contributed by atoms with Crippen LogP contribution in [0.1, 0.15) is 39.9 Å². The van der Waals surface area contributed by atoms with Crippen LogP contribution in [0.5, 0.6) is 0 Å². The van der Waals surface area contributed by atoms with Crippen molar-refractivity contribution < 1.29 is 14.4 Å². The second-order valence-corrected chi connectivity index (χ2v) is 6.40. The predicted molar refractivity (Wildman–Crippen MR) is 95.1 cm³/mol. The average Bonchev–Trinajstić information content (AvgIpc) is 2.86. The number of hydrogen-bond donors (Lipinski definition) is 1. The summed E-state index contributed by atoms with van der Waals surface area (Å²) in [5.41, 5.74) is 4.30. The number of aryl methyl sites for hydroxylation is 2. The highest BCUT2D eigenvalue weighted by Gasteiger charge is 2.28. The first-order valence-corrected chi connectivity index (χ1v) is 8.24. The summed E-state index contributed by atoms with van der Waals surface area (Å²) in [6.07, 6.45) is 0.574. The van der Waals surface area contributed by atoms with Gasteiger partial charge in [-0.2, -0.15) is 0 Å². The smallest absolute Gasteiger partial charge is 0.255 e. The molecule has 1 N–H and O–H groups in total. The number of hydrogen-bond acceptors (Lipinski definition) is 3. The van der Waals surface area contributed by atoms with E-state index in [0.29, 0.717) is 5.56 Å². The average molecular weight is 336 g/mol. The molecule has 3 rings (SSSR count). The van der Waals surface area contributed by atoms with Gasteiger partial charge in [0.25, 0.3) is 5.91 Å². The lowest BCUT2D eigenvalue weighted by Gasteiger charge is -2.14. The van der Waals surface area contributed by atoms with Gasteiger partial charge in [0.15, 0.2) is 0 Å². The molecule has 0 atom stereocenters. The number of rotatable bonds is 4. The number of carbonyl (C=O) groups excluding carboxylic acids is 3. The molecule has 25 heavy (non-hydrogen) atoms. The second kappa shape index (κ2) is 6.89. The number of nitrogens with one attached hydrogen (secondary N) is 1. The van der Waals surface area contributed by atoms with Crippen molar-refractivity contribution in [2.75, 3.05) is 5.32 Å². The van der Waals surface area contributed by atoms with Gasteiger partial charge in [-0.25, -0.2) is 0 Å². The zero-order valence-corrected chi connectivity index (χ0v) is 14.3. The zero-order valence-electron chi connectivity index (χ0n) is 14.3. The van der Waals surface area contributed by atoms with E-state index in [0.717, 1.165) is 22.4 Å². The number of amides is 3. The van der Waals surface area contributed by atoms with Gasteiger partial charge < -0.3 is 5.32 Å². The Kier molecular flexibility index (Phi) is 4.65. The van der Waals surface area contributed by atoms with Crippen LogP contribution < -0.4 is 5.32 Å². The number of nitrogens with zero attached hydrogens (tertiary/aromatic N) is 1. The fourth-order valence-electron chi connectivity index (χ4n) is 2.99. The first-order valence-electron chi connectivity index (χ1n) is 8.24. The van der Waals surface area contributed by atoms with Crippen molar-refractivity contribution in [2.45, 2.75) is 33.2 Å². The molecule has 1 aliphatic heterocycles. The van der Waals surface area contributed by atoms with Gasteiger partial charge in [0.1, 0.15) is 0 Å². The molecule has 2 aromatic carbocycles. The van der Waals surface area contributed by atoms with E-state index < -0.39 is 0 Å². The normalized spacial score (nSPS) is 14.1. The van der Waals surface area contributed by atoms with Gasteiger partial charge in [-0.05, 0) is 54.8 Å². The van der Waals surface area contributed by atoms with Crippen molar-refractivity contribution in [1.82, 2.24) is 4.90 Å². The minimum atomic E-state index is -0.190. The highest BCUT2D eigenvalue weighted by molar-refractivity contribution is 6.04. The van der Waals surface area contributed by atoms with E-state index in [1.807, 2.05) is 32.0 Å². The summed E-state index contributed by atoms with van der Waals surface area (Å²) < 4.78 is 0. The van der Waals surface area contributed by atoms with Crippen LogP contribution in [-0.4, -0.2) is 22.6 Å². The quantitative estimate of drug-likeness (QED) is 0.872. The Labute approximate surface area is 146 Å². The Balaban J connectivity index is 1.68. The Morgan fingerprint density at radius 3 is 2.08 bits per heavy atom. The molecule has 0 bridgehead atoms. The number of likely N-dealkylation sites (tertiary alicyclic amines) is 1. The molecule has 2 aromatic rings. The summed E-state index contributed by atoms with van der Waals surface area (Å²) in [6, 6.07) is 12.8. The molecule has 0 spiro atoms. The molecular weight excluding hydrogens is 316 g/mol. The lowest BCUT2D eigenvalue weighted by Crippen LogP contribution is -2.28. The minimum absolute atomic E-state index is 0.137. The molecule has 1 saturated heterocycles. The van der Waals surface area contributed by atoms with Gasteiger partial charge in [-0.15, -0.1) is 0 Å². The van der Waals surface area contributed by atoms with E-state index in [-0.39, 0.29) is 37.1 Å². The molecule has 1 aliphatic rings. The van der Waals surface area contributed by atoms with E-state index in [2.05, 4.69) is 5.32 Å². The molecule has 1 fully saturated rings. The standard InChI is InChI=1S/C20H20N2O3/c1-13-9-14(2)11-17(10-13)21-20(25)16-5-3-15(4-6-16)12-22-18(23)7-8-19(22)24/h3-6,9-11H,7-8,12H2,1-2H3,(H,21,25). The Morgan fingerprint density at radius 2 is 1.52 bits per heavy atom. The number of benzene rings is 2. The first-order chi connectivity index (χ1) is 11.9. The molecule has 1 heterocycles. The van der Waals surface area contributed by atoms with Crippen molar-refractivity contribution in [1.29, 1.82) is 0 Å². The highest BCUT2D eigenvalue weighted by atomic mass is 16.2. The summed E-state index contributed by atoms with van der Waals surface area (Å²) in [6.45, 7) is 4.23. The predicted octanol–water partition coefficient (Wildman–Crippen LogP) is 3.20. The molecule has 128 valence electrons. The van der Waals surface area contributed by atoms with Crippen molar-refractivity contribution in [3.8, 4) is 0 Å². The maximum absolute atomic E-state index is 12.4. The summed E-state index contributed by atoms with van der Waals surface area (Å²) in [5.74, 6) is -0.465. The van der Waals surface area contributed by atoms with Crippen LogP contribution in [0, 0.1) is 13.8 Å². The summed E-state index contributed by atoms with van der Waals surface area (Å²) in [7, 11) is 0. The van der Waals surface area contributed by atoms with E-state index in [1.165, 1.54) is 4.90 Å². The minimum Gasteiger partial charge on any atom is -0.322 e. The maximum Gasteiger partial charge on any atom is 0.255 e. The topological polar surface area (TPSA) is 66.5 Å². The van der Waals surface area contributed by atoms with Gasteiger partial charge in [0.2, 0.25) is 11.8 Å². The van der Waals surface area contributed by atoms with Crippen LogP contribution >= 0.6 is 0 Å². The van der Waals surface area contributed by atoms with Crippen LogP contribution in [0.15, 0.2) is 42.5 Å². The van der Waals surface area contributed by atoms with E-state index in [1.54, 1.807) is 24.3 Å². The van der Waals surface area contributed by atoms with Crippen LogP contribution in [0.25, 0.3) is 0 Å². The molecule has 5 heteroatoms. The Bertz CT molecular complexity index is 804. The Hall–Kier alpha value is -2.95. The third-order valence-corrected chi connectivity index (χ3v) is 4.19. The lowest BCUT2D eigenvalue weighted by atomic mass is 10.1. The molecule has 0 unspecified atom stereocenters. The summed E-state index contributed by atoms with van der Waals surface area (Å²) >= 11 is 0. The molecular formula is C20H20N2O3. The van der Waals surface area contributed by atoms with E-state index >= 15 is 0 Å². The molecule has 5 nitrogen and oxygen atoms in total. The fraction of sp³-hybridized carbons (Fsp3) is 0.250. The molecule has 3 amide bonds. The second-order valence-electron chi connectivity index (χ2n) is 6.40. The lowest BCUT2D eigenvalue weighted by molar-refractivity contribution is -0.139. The first kappa shape index (κ1) is 16.9. The molecule has 0 radical (unpaired) electrons. The number of anilines is 1.